The quantitative estimate of drug-likeness (QED) is 0.165. The zero-order chi connectivity index (χ0) is 13.3. The zero-order valence-electron chi connectivity index (χ0n) is 12.0. The van der Waals surface area contributed by atoms with Crippen molar-refractivity contribution in [3.05, 3.63) is 30.0 Å². The maximum Gasteiger partial charge on any atom is 0.00719 e. The first-order valence-corrected chi connectivity index (χ1v) is 8.64. The molecule has 104 valence electrons. The second-order valence-electron chi connectivity index (χ2n) is 4.67. The minimum atomic E-state index is 1.02. The number of hydrogen-bond acceptors (Lipinski definition) is 0. The fraction of sp³-hybridized carbons (Fsp3) is 0.706. The molecule has 0 spiro atoms. The molecule has 1 heteroatoms. The summed E-state index contributed by atoms with van der Waals surface area (Å²) in [4.78, 5) is 0. The van der Waals surface area contributed by atoms with E-state index < -0.39 is 0 Å². The number of rotatable bonds is 12. The van der Waals surface area contributed by atoms with E-state index in [4.69, 9.17) is 0 Å². The SMILES string of the molecule is CCCCCCCCC/C=C\CC=C=CCCBr. The molecule has 0 nitrogen and oxygen atoms in total. The highest BCUT2D eigenvalue weighted by Gasteiger charge is 1.88. The van der Waals surface area contributed by atoms with Crippen LogP contribution in [0.1, 0.15) is 71.1 Å². The molecule has 0 N–H and O–H groups in total. The van der Waals surface area contributed by atoms with E-state index in [1.807, 2.05) is 0 Å². The number of allylic oxidation sites excluding steroid dienone is 3. The van der Waals surface area contributed by atoms with Crippen LogP contribution in [0.15, 0.2) is 30.0 Å². The van der Waals surface area contributed by atoms with Crippen molar-refractivity contribution in [3.8, 4) is 0 Å². The van der Waals surface area contributed by atoms with Gasteiger partial charge in [0.1, 0.15) is 0 Å². The Labute approximate surface area is 122 Å². The Kier molecular flexibility index (Phi) is 16.5. The molecule has 0 heterocycles. The summed E-state index contributed by atoms with van der Waals surface area (Å²) in [5, 5.41) is 1.03. The van der Waals surface area contributed by atoms with Gasteiger partial charge in [-0.1, -0.05) is 73.5 Å². The van der Waals surface area contributed by atoms with E-state index in [-0.39, 0.29) is 0 Å². The lowest BCUT2D eigenvalue weighted by Gasteiger charge is -1.98. The van der Waals surface area contributed by atoms with E-state index in [1.54, 1.807) is 0 Å². The highest BCUT2D eigenvalue weighted by molar-refractivity contribution is 9.09. The Balaban J connectivity index is 3.20. The van der Waals surface area contributed by atoms with Crippen molar-refractivity contribution in [1.82, 2.24) is 0 Å². The second kappa shape index (κ2) is 16.7. The van der Waals surface area contributed by atoms with Crippen LogP contribution in [0.5, 0.6) is 0 Å². The van der Waals surface area contributed by atoms with Crippen molar-refractivity contribution in [2.75, 3.05) is 5.33 Å². The van der Waals surface area contributed by atoms with Crippen LogP contribution in [-0.4, -0.2) is 5.33 Å². The minimum absolute atomic E-state index is 1.02. The molecule has 0 rings (SSSR count). The highest BCUT2D eigenvalue weighted by Crippen LogP contribution is 2.08. The van der Waals surface area contributed by atoms with E-state index in [0.29, 0.717) is 0 Å². The predicted octanol–water partition coefficient (Wildman–Crippen LogP) is 6.57. The lowest BCUT2D eigenvalue weighted by Crippen LogP contribution is -1.78. The van der Waals surface area contributed by atoms with Crippen molar-refractivity contribution in [1.29, 1.82) is 0 Å². The fourth-order valence-electron chi connectivity index (χ4n) is 1.79. The normalized spacial score (nSPS) is 10.6. The molecule has 0 unspecified atom stereocenters. The molecular formula is C17H29Br. The molecule has 0 aliphatic carbocycles. The Morgan fingerprint density at radius 1 is 0.833 bits per heavy atom. The first-order valence-electron chi connectivity index (χ1n) is 7.52. The number of unbranched alkanes of at least 4 members (excludes halogenated alkanes) is 7. The Hall–Kier alpha value is -0.260. The van der Waals surface area contributed by atoms with Gasteiger partial charge in [0.15, 0.2) is 0 Å². The van der Waals surface area contributed by atoms with Crippen LogP contribution in [-0.2, 0) is 0 Å². The molecule has 0 aliphatic heterocycles. The van der Waals surface area contributed by atoms with Gasteiger partial charge in [-0.2, -0.15) is 0 Å². The number of hydrogen-bond donors (Lipinski definition) is 0. The molecule has 0 aromatic carbocycles. The van der Waals surface area contributed by atoms with Crippen LogP contribution in [0.3, 0.4) is 0 Å². The lowest BCUT2D eigenvalue weighted by molar-refractivity contribution is 0.592. The van der Waals surface area contributed by atoms with Crippen molar-refractivity contribution >= 4 is 15.9 Å². The van der Waals surface area contributed by atoms with Gasteiger partial charge in [-0.3, -0.25) is 0 Å². The molecule has 0 aromatic rings. The Morgan fingerprint density at radius 2 is 1.56 bits per heavy atom. The molecule has 0 aliphatic rings. The summed E-state index contributed by atoms with van der Waals surface area (Å²) in [6.45, 7) is 2.27. The van der Waals surface area contributed by atoms with E-state index in [2.05, 4.69) is 52.9 Å². The molecular weight excluding hydrogens is 284 g/mol. The van der Waals surface area contributed by atoms with Crippen molar-refractivity contribution in [2.45, 2.75) is 71.1 Å². The summed E-state index contributed by atoms with van der Waals surface area (Å²) in [5.41, 5.74) is 3.19. The largest absolute Gasteiger partial charge is 0.129 e. The van der Waals surface area contributed by atoms with Crippen LogP contribution in [0.25, 0.3) is 0 Å². The third-order valence-corrected chi connectivity index (χ3v) is 3.34. The van der Waals surface area contributed by atoms with Crippen molar-refractivity contribution in [2.24, 2.45) is 0 Å². The van der Waals surface area contributed by atoms with Crippen LogP contribution in [0.2, 0.25) is 0 Å². The fourth-order valence-corrected chi connectivity index (χ4v) is 2.02. The first kappa shape index (κ1) is 17.7. The Morgan fingerprint density at radius 3 is 2.28 bits per heavy atom. The second-order valence-corrected chi connectivity index (χ2v) is 5.46. The molecule has 0 saturated heterocycles. The molecule has 0 bridgehead atoms. The lowest BCUT2D eigenvalue weighted by atomic mass is 10.1. The van der Waals surface area contributed by atoms with E-state index in [9.17, 15) is 0 Å². The number of halogens is 1. The molecule has 0 amide bonds. The first-order chi connectivity index (χ1) is 8.91. The van der Waals surface area contributed by atoms with Crippen LogP contribution >= 0.6 is 15.9 Å². The summed E-state index contributed by atoms with van der Waals surface area (Å²) in [6, 6.07) is 0. The summed E-state index contributed by atoms with van der Waals surface area (Å²) in [5.74, 6) is 0. The third-order valence-electron chi connectivity index (χ3n) is 2.88. The van der Waals surface area contributed by atoms with Crippen LogP contribution < -0.4 is 0 Å². The molecule has 0 radical (unpaired) electrons. The summed E-state index contributed by atoms with van der Waals surface area (Å²) in [7, 11) is 0. The van der Waals surface area contributed by atoms with E-state index in [0.717, 1.165) is 18.2 Å². The molecule has 0 atom stereocenters. The van der Waals surface area contributed by atoms with Crippen molar-refractivity contribution in [3.63, 3.8) is 0 Å². The van der Waals surface area contributed by atoms with Crippen molar-refractivity contribution < 1.29 is 0 Å². The highest BCUT2D eigenvalue weighted by atomic mass is 79.9. The maximum atomic E-state index is 3.39. The smallest absolute Gasteiger partial charge is 0.00719 e. The van der Waals surface area contributed by atoms with Gasteiger partial charge in [0, 0.05) is 5.33 Å². The monoisotopic (exact) mass is 312 g/mol. The number of alkyl halides is 1. The Bertz CT molecular complexity index is 234. The zero-order valence-corrected chi connectivity index (χ0v) is 13.6. The average molecular weight is 313 g/mol. The standard InChI is InChI=1S/C17H29Br/c1-2-3-4-5-6-7-8-9-10-11-12-13-14-15-16-17-18/h10-11,13,15H,2-9,12,16-17H2,1H3/b11-10-. The van der Waals surface area contributed by atoms with Gasteiger partial charge in [-0.25, -0.2) is 0 Å². The van der Waals surface area contributed by atoms with Gasteiger partial charge < -0.3 is 0 Å². The predicted molar refractivity (Wildman–Crippen MR) is 87.4 cm³/mol. The van der Waals surface area contributed by atoms with Gasteiger partial charge in [0.2, 0.25) is 0 Å². The summed E-state index contributed by atoms with van der Waals surface area (Å²) >= 11 is 3.39. The topological polar surface area (TPSA) is 0 Å². The molecule has 0 saturated carbocycles. The van der Waals surface area contributed by atoms with Gasteiger partial charge in [-0.05, 0) is 37.8 Å². The van der Waals surface area contributed by atoms with Gasteiger partial charge >= 0.3 is 0 Å². The van der Waals surface area contributed by atoms with Crippen LogP contribution in [0, 0.1) is 0 Å². The molecule has 0 fully saturated rings. The van der Waals surface area contributed by atoms with E-state index in [1.165, 1.54) is 51.4 Å². The molecule has 0 aromatic heterocycles. The van der Waals surface area contributed by atoms with E-state index >= 15 is 0 Å². The minimum Gasteiger partial charge on any atom is -0.129 e. The van der Waals surface area contributed by atoms with Gasteiger partial charge in [0.25, 0.3) is 0 Å². The van der Waals surface area contributed by atoms with Gasteiger partial charge in [-0.15, -0.1) is 5.73 Å². The average Bonchev–Trinajstić information content (AvgIpc) is 2.39. The van der Waals surface area contributed by atoms with Gasteiger partial charge in [0.05, 0.1) is 0 Å². The van der Waals surface area contributed by atoms with Crippen LogP contribution in [0.4, 0.5) is 0 Å². The summed E-state index contributed by atoms with van der Waals surface area (Å²) in [6.07, 6.45) is 21.9. The maximum absolute atomic E-state index is 3.39. The third kappa shape index (κ3) is 15.7. The molecule has 18 heavy (non-hydrogen) atoms. The summed E-state index contributed by atoms with van der Waals surface area (Å²) < 4.78 is 0.